The number of nitrogens with two attached hydrogens (primary N) is 1. The van der Waals surface area contributed by atoms with Crippen molar-refractivity contribution in [1.29, 1.82) is 0 Å². The van der Waals surface area contributed by atoms with E-state index in [1.807, 2.05) is 0 Å². The van der Waals surface area contributed by atoms with E-state index >= 15 is 0 Å². The summed E-state index contributed by atoms with van der Waals surface area (Å²) in [6.45, 7) is 4.02. The van der Waals surface area contributed by atoms with Crippen molar-refractivity contribution in [3.63, 3.8) is 0 Å². The Labute approximate surface area is 116 Å². The highest BCUT2D eigenvalue weighted by Crippen LogP contribution is 2.19. The summed E-state index contributed by atoms with van der Waals surface area (Å²) in [5.41, 5.74) is 6.86. The second-order valence-corrected chi connectivity index (χ2v) is 5.59. The summed E-state index contributed by atoms with van der Waals surface area (Å²) in [6.07, 6.45) is 4.62. The van der Waals surface area contributed by atoms with Crippen LogP contribution in [0.3, 0.4) is 0 Å². The first-order valence-electron chi connectivity index (χ1n) is 7.38. The zero-order chi connectivity index (χ0) is 13.5. The highest BCUT2D eigenvalue weighted by atomic mass is 16.5. The van der Waals surface area contributed by atoms with Crippen LogP contribution in [0, 0.1) is 5.92 Å². The summed E-state index contributed by atoms with van der Waals surface area (Å²) in [4.78, 5) is 2.39. The summed E-state index contributed by atoms with van der Waals surface area (Å²) in [7, 11) is 2.19. The van der Waals surface area contributed by atoms with Crippen LogP contribution >= 0.6 is 0 Å². The highest BCUT2D eigenvalue weighted by Gasteiger charge is 2.16. The van der Waals surface area contributed by atoms with Gasteiger partial charge in [-0.3, -0.25) is 0 Å². The Balaban J connectivity index is 1.73. The molecule has 1 aromatic carbocycles. The lowest BCUT2D eigenvalue weighted by molar-refractivity contribution is 0.160. The fraction of sp³-hybridized carbons (Fsp3) is 0.625. The van der Waals surface area contributed by atoms with Crippen LogP contribution in [0.25, 0.3) is 0 Å². The molecule has 0 amide bonds. The molecule has 3 heteroatoms. The van der Waals surface area contributed by atoms with Gasteiger partial charge in [-0.1, -0.05) is 12.1 Å². The van der Waals surface area contributed by atoms with E-state index in [2.05, 4.69) is 36.2 Å². The molecule has 0 atom stereocenters. The average Bonchev–Trinajstić information content (AvgIpc) is 2.46. The summed E-state index contributed by atoms with van der Waals surface area (Å²) in [6, 6.07) is 8.47. The number of aryl methyl sites for hydroxylation is 1. The predicted octanol–water partition coefficient (Wildman–Crippen LogP) is 2.30. The molecule has 0 saturated carbocycles. The van der Waals surface area contributed by atoms with Crippen molar-refractivity contribution in [2.24, 2.45) is 11.7 Å². The first-order chi connectivity index (χ1) is 9.28. The van der Waals surface area contributed by atoms with Gasteiger partial charge in [0.2, 0.25) is 0 Å². The number of benzene rings is 1. The van der Waals surface area contributed by atoms with Crippen LogP contribution in [-0.2, 0) is 6.42 Å². The minimum absolute atomic E-state index is 0.716. The van der Waals surface area contributed by atoms with Gasteiger partial charge in [-0.25, -0.2) is 0 Å². The molecule has 0 radical (unpaired) electrons. The fourth-order valence-corrected chi connectivity index (χ4v) is 2.50. The molecule has 2 N–H and O–H groups in total. The van der Waals surface area contributed by atoms with E-state index in [-0.39, 0.29) is 0 Å². The van der Waals surface area contributed by atoms with E-state index < -0.39 is 0 Å². The lowest BCUT2D eigenvalue weighted by Gasteiger charge is -2.28. The van der Waals surface area contributed by atoms with E-state index in [0.717, 1.165) is 31.7 Å². The van der Waals surface area contributed by atoms with Gasteiger partial charge in [0.1, 0.15) is 5.75 Å². The van der Waals surface area contributed by atoms with Crippen molar-refractivity contribution in [3.05, 3.63) is 29.8 Å². The number of rotatable bonds is 6. The first kappa shape index (κ1) is 14.4. The van der Waals surface area contributed by atoms with Crippen LogP contribution in [0.1, 0.15) is 24.8 Å². The fourth-order valence-electron chi connectivity index (χ4n) is 2.50. The minimum atomic E-state index is 0.716. The van der Waals surface area contributed by atoms with Crippen LogP contribution < -0.4 is 10.5 Å². The van der Waals surface area contributed by atoms with Crippen LogP contribution in [-0.4, -0.2) is 38.2 Å². The maximum atomic E-state index is 5.90. The Morgan fingerprint density at radius 1 is 1.21 bits per heavy atom. The van der Waals surface area contributed by atoms with Gasteiger partial charge in [0.15, 0.2) is 0 Å². The second kappa shape index (κ2) is 7.51. The molecule has 2 rings (SSSR count). The Kier molecular flexibility index (Phi) is 5.67. The highest BCUT2D eigenvalue weighted by molar-refractivity contribution is 5.27. The Bertz CT molecular complexity index is 356. The lowest BCUT2D eigenvalue weighted by atomic mass is 9.98. The predicted molar refractivity (Wildman–Crippen MR) is 79.5 cm³/mol. The van der Waals surface area contributed by atoms with Crippen LogP contribution in [0.15, 0.2) is 24.3 Å². The van der Waals surface area contributed by atoms with Gasteiger partial charge < -0.3 is 15.4 Å². The lowest BCUT2D eigenvalue weighted by Crippen LogP contribution is -2.32. The second-order valence-electron chi connectivity index (χ2n) is 5.59. The Morgan fingerprint density at radius 2 is 1.89 bits per heavy atom. The molecule has 1 aliphatic heterocycles. The number of piperidine rings is 1. The number of hydrogen-bond donors (Lipinski definition) is 1. The normalized spacial score (nSPS) is 17.6. The molecule has 106 valence electrons. The molecule has 19 heavy (non-hydrogen) atoms. The molecule has 0 bridgehead atoms. The number of hydrogen-bond acceptors (Lipinski definition) is 3. The third-order valence-electron chi connectivity index (χ3n) is 3.92. The zero-order valence-corrected chi connectivity index (χ0v) is 12.0. The smallest absolute Gasteiger partial charge is 0.119 e. The van der Waals surface area contributed by atoms with Gasteiger partial charge in [-0.05, 0) is 76.0 Å². The topological polar surface area (TPSA) is 38.5 Å². The molecule has 1 saturated heterocycles. The molecule has 3 nitrogen and oxygen atoms in total. The monoisotopic (exact) mass is 262 g/mol. The molecule has 1 aromatic rings. The van der Waals surface area contributed by atoms with Crippen molar-refractivity contribution in [2.75, 3.05) is 33.3 Å². The van der Waals surface area contributed by atoms with Gasteiger partial charge in [0.05, 0.1) is 6.61 Å². The molecule has 1 aliphatic rings. The largest absolute Gasteiger partial charge is 0.493 e. The third-order valence-corrected chi connectivity index (χ3v) is 3.92. The van der Waals surface area contributed by atoms with Crippen molar-refractivity contribution in [2.45, 2.75) is 25.7 Å². The van der Waals surface area contributed by atoms with Crippen molar-refractivity contribution < 1.29 is 4.74 Å². The van der Waals surface area contributed by atoms with Gasteiger partial charge in [-0.15, -0.1) is 0 Å². The SMILES string of the molecule is CN1CCC(COc2ccc(CCCN)cc2)CC1. The van der Waals surface area contributed by atoms with Gasteiger partial charge in [0.25, 0.3) is 0 Å². The minimum Gasteiger partial charge on any atom is -0.493 e. The van der Waals surface area contributed by atoms with E-state index in [1.165, 1.54) is 31.5 Å². The van der Waals surface area contributed by atoms with Crippen molar-refractivity contribution in [3.8, 4) is 5.75 Å². The molecule has 0 aromatic heterocycles. The molecule has 1 heterocycles. The number of ether oxygens (including phenoxy) is 1. The molecule has 0 spiro atoms. The summed E-state index contributed by atoms with van der Waals surface area (Å²) in [5.74, 6) is 1.71. The average molecular weight is 262 g/mol. The maximum Gasteiger partial charge on any atom is 0.119 e. The van der Waals surface area contributed by atoms with Crippen molar-refractivity contribution in [1.82, 2.24) is 4.90 Å². The molecule has 0 unspecified atom stereocenters. The van der Waals surface area contributed by atoms with E-state index in [1.54, 1.807) is 0 Å². The van der Waals surface area contributed by atoms with E-state index in [9.17, 15) is 0 Å². The van der Waals surface area contributed by atoms with Crippen LogP contribution in [0.5, 0.6) is 5.75 Å². The number of likely N-dealkylation sites (tertiary alicyclic amines) is 1. The van der Waals surface area contributed by atoms with Gasteiger partial charge in [-0.2, -0.15) is 0 Å². The molecular formula is C16H26N2O. The first-order valence-corrected chi connectivity index (χ1v) is 7.38. The maximum absolute atomic E-state index is 5.90. The zero-order valence-electron chi connectivity index (χ0n) is 12.0. The third kappa shape index (κ3) is 4.84. The van der Waals surface area contributed by atoms with Crippen molar-refractivity contribution >= 4 is 0 Å². The van der Waals surface area contributed by atoms with Gasteiger partial charge >= 0.3 is 0 Å². The van der Waals surface area contributed by atoms with E-state index in [0.29, 0.717) is 5.92 Å². The molecular weight excluding hydrogens is 236 g/mol. The molecule has 0 aliphatic carbocycles. The Hall–Kier alpha value is -1.06. The standard InChI is InChI=1S/C16H26N2O/c1-18-11-8-15(9-12-18)13-19-16-6-4-14(5-7-16)3-2-10-17/h4-7,15H,2-3,8-13,17H2,1H3. The summed E-state index contributed by atoms with van der Waals surface area (Å²) in [5, 5.41) is 0. The van der Waals surface area contributed by atoms with Crippen LogP contribution in [0.2, 0.25) is 0 Å². The quantitative estimate of drug-likeness (QED) is 0.855. The molecule has 1 fully saturated rings. The summed E-state index contributed by atoms with van der Waals surface area (Å²) >= 11 is 0. The van der Waals surface area contributed by atoms with Gasteiger partial charge in [0, 0.05) is 0 Å². The van der Waals surface area contributed by atoms with E-state index in [4.69, 9.17) is 10.5 Å². The van der Waals surface area contributed by atoms with Crippen LogP contribution in [0.4, 0.5) is 0 Å². The summed E-state index contributed by atoms with van der Waals surface area (Å²) < 4.78 is 5.90. The number of nitrogens with zero attached hydrogens (tertiary/aromatic N) is 1. The Morgan fingerprint density at radius 3 is 2.53 bits per heavy atom.